The van der Waals surface area contributed by atoms with Gasteiger partial charge >= 0.3 is 0 Å². The van der Waals surface area contributed by atoms with Gasteiger partial charge in [-0.05, 0) is 19.3 Å². The fourth-order valence-corrected chi connectivity index (χ4v) is 1.75. The highest BCUT2D eigenvalue weighted by molar-refractivity contribution is 5.82. The van der Waals surface area contributed by atoms with E-state index in [1.54, 1.807) is 0 Å². The molecule has 1 amide bonds. The molecule has 3 nitrogen and oxygen atoms in total. The van der Waals surface area contributed by atoms with Crippen molar-refractivity contribution >= 4 is 5.91 Å². The van der Waals surface area contributed by atoms with E-state index in [2.05, 4.69) is 10.6 Å². The summed E-state index contributed by atoms with van der Waals surface area (Å²) in [5.74, 6) is -0.0233. The molecule has 0 aromatic carbocycles. The highest BCUT2D eigenvalue weighted by Gasteiger charge is 2.31. The molecular weight excluding hydrogens is 171 g/mol. The van der Waals surface area contributed by atoms with E-state index in [9.17, 15) is 9.18 Å². The minimum Gasteiger partial charge on any atom is -0.352 e. The zero-order valence-corrected chi connectivity index (χ0v) is 7.55. The van der Waals surface area contributed by atoms with Crippen LogP contribution < -0.4 is 10.6 Å². The van der Waals surface area contributed by atoms with Gasteiger partial charge in [-0.15, -0.1) is 0 Å². The Balaban J connectivity index is 1.76. The number of hydrogen-bond donors (Lipinski definition) is 2. The summed E-state index contributed by atoms with van der Waals surface area (Å²) in [5, 5.41) is 5.78. The molecule has 0 bridgehead atoms. The summed E-state index contributed by atoms with van der Waals surface area (Å²) in [7, 11) is 0. The van der Waals surface area contributed by atoms with Crippen LogP contribution in [0.3, 0.4) is 0 Å². The summed E-state index contributed by atoms with van der Waals surface area (Å²) in [4.78, 5) is 11.5. The van der Waals surface area contributed by atoms with Crippen LogP contribution in [0.1, 0.15) is 25.7 Å². The van der Waals surface area contributed by atoms with Gasteiger partial charge in [-0.1, -0.05) is 0 Å². The lowest BCUT2D eigenvalue weighted by atomic mass is 9.93. The van der Waals surface area contributed by atoms with Gasteiger partial charge in [0.1, 0.15) is 6.17 Å². The monoisotopic (exact) mass is 186 g/mol. The maximum absolute atomic E-state index is 12.7. The number of hydrogen-bond acceptors (Lipinski definition) is 2. The molecule has 1 aliphatic heterocycles. The molecule has 0 aromatic rings. The molecule has 0 unspecified atom stereocenters. The van der Waals surface area contributed by atoms with Crippen molar-refractivity contribution in [2.24, 2.45) is 0 Å². The molecule has 74 valence electrons. The van der Waals surface area contributed by atoms with Crippen molar-refractivity contribution in [3.63, 3.8) is 0 Å². The van der Waals surface area contributed by atoms with Crippen LogP contribution >= 0.6 is 0 Å². The van der Waals surface area contributed by atoms with Gasteiger partial charge < -0.3 is 10.6 Å². The average Bonchev–Trinajstić information content (AvgIpc) is 2.44. The normalized spacial score (nSPS) is 34.2. The van der Waals surface area contributed by atoms with Crippen LogP contribution in [0.4, 0.5) is 4.39 Å². The van der Waals surface area contributed by atoms with E-state index in [-0.39, 0.29) is 11.9 Å². The lowest BCUT2D eigenvalue weighted by molar-refractivity contribution is -0.124. The molecule has 1 heterocycles. The molecule has 0 spiro atoms. The van der Waals surface area contributed by atoms with Gasteiger partial charge in [0.2, 0.25) is 5.91 Å². The molecule has 1 aliphatic carbocycles. The van der Waals surface area contributed by atoms with E-state index in [4.69, 9.17) is 0 Å². The van der Waals surface area contributed by atoms with Gasteiger partial charge in [0.05, 0.1) is 6.04 Å². The predicted octanol–water partition coefficient (Wildman–Crippen LogP) is 0.355. The zero-order chi connectivity index (χ0) is 9.26. The van der Waals surface area contributed by atoms with E-state index in [0.29, 0.717) is 19.0 Å². The smallest absolute Gasteiger partial charge is 0.237 e. The van der Waals surface area contributed by atoms with Gasteiger partial charge in [-0.3, -0.25) is 4.79 Å². The van der Waals surface area contributed by atoms with Gasteiger partial charge in [-0.2, -0.15) is 0 Å². The van der Waals surface area contributed by atoms with Crippen molar-refractivity contribution in [2.75, 3.05) is 6.54 Å². The lowest BCUT2D eigenvalue weighted by Crippen LogP contribution is -2.47. The average molecular weight is 186 g/mol. The number of rotatable bonds is 2. The van der Waals surface area contributed by atoms with E-state index < -0.39 is 6.17 Å². The Hall–Kier alpha value is -0.640. The van der Waals surface area contributed by atoms with Crippen molar-refractivity contribution in [1.82, 2.24) is 10.6 Å². The summed E-state index contributed by atoms with van der Waals surface area (Å²) >= 11 is 0. The third-order valence-corrected chi connectivity index (χ3v) is 2.85. The molecule has 0 aromatic heterocycles. The highest BCUT2D eigenvalue weighted by Crippen LogP contribution is 2.19. The number of alkyl halides is 1. The van der Waals surface area contributed by atoms with Crippen LogP contribution in [0, 0.1) is 0 Å². The van der Waals surface area contributed by atoms with Gasteiger partial charge in [0.25, 0.3) is 0 Å². The minimum absolute atomic E-state index is 0.0233. The van der Waals surface area contributed by atoms with Crippen molar-refractivity contribution in [3.8, 4) is 0 Å². The molecule has 0 radical (unpaired) electrons. The van der Waals surface area contributed by atoms with Crippen molar-refractivity contribution in [1.29, 1.82) is 0 Å². The first-order chi connectivity index (χ1) is 6.25. The molecule has 2 fully saturated rings. The Labute approximate surface area is 77.1 Å². The first kappa shape index (κ1) is 8.94. The second-order valence-electron chi connectivity index (χ2n) is 3.93. The summed E-state index contributed by atoms with van der Waals surface area (Å²) < 4.78 is 12.7. The fourth-order valence-electron chi connectivity index (χ4n) is 1.75. The Morgan fingerprint density at radius 2 is 2.23 bits per heavy atom. The zero-order valence-electron chi connectivity index (χ0n) is 7.55. The quantitative estimate of drug-likeness (QED) is 0.653. The summed E-state index contributed by atoms with van der Waals surface area (Å²) in [5.41, 5.74) is 0. The first-order valence-corrected chi connectivity index (χ1v) is 4.93. The molecule has 13 heavy (non-hydrogen) atoms. The predicted molar refractivity (Wildman–Crippen MR) is 47.1 cm³/mol. The lowest BCUT2D eigenvalue weighted by Gasteiger charge is -2.27. The molecule has 2 N–H and O–H groups in total. The van der Waals surface area contributed by atoms with E-state index >= 15 is 0 Å². The topological polar surface area (TPSA) is 41.1 Å². The van der Waals surface area contributed by atoms with Gasteiger partial charge in [0, 0.05) is 19.0 Å². The Bertz CT molecular complexity index is 206. The highest BCUT2D eigenvalue weighted by atomic mass is 19.1. The van der Waals surface area contributed by atoms with Crippen LogP contribution in [0.15, 0.2) is 0 Å². The Morgan fingerprint density at radius 1 is 1.46 bits per heavy atom. The molecule has 1 saturated heterocycles. The Morgan fingerprint density at radius 3 is 2.69 bits per heavy atom. The number of amides is 1. The third-order valence-electron chi connectivity index (χ3n) is 2.85. The second-order valence-corrected chi connectivity index (χ2v) is 3.93. The number of carbonyl (C=O) groups excluding carboxylic acids is 1. The summed E-state index contributed by atoms with van der Waals surface area (Å²) in [6.45, 7) is 0.322. The molecule has 1 saturated carbocycles. The van der Waals surface area contributed by atoms with Crippen molar-refractivity contribution < 1.29 is 9.18 Å². The number of halogens is 1. The van der Waals surface area contributed by atoms with Gasteiger partial charge in [-0.25, -0.2) is 4.39 Å². The standard InChI is InChI=1S/C9H15FN2O/c10-6-4-8(11-5-6)9(13)12-7-2-1-3-7/h6-8,11H,1-5H2,(H,12,13)/t6-,8+/m1/s1. The molecular formula is C9H15FN2O. The Kier molecular flexibility index (Phi) is 2.49. The second kappa shape index (κ2) is 3.62. The van der Waals surface area contributed by atoms with Crippen LogP contribution in [0.25, 0.3) is 0 Å². The van der Waals surface area contributed by atoms with Crippen LogP contribution in [-0.4, -0.2) is 30.7 Å². The fraction of sp³-hybridized carbons (Fsp3) is 0.889. The minimum atomic E-state index is -0.850. The number of carbonyl (C=O) groups is 1. The largest absolute Gasteiger partial charge is 0.352 e. The first-order valence-electron chi connectivity index (χ1n) is 4.93. The maximum Gasteiger partial charge on any atom is 0.237 e. The van der Waals surface area contributed by atoms with Crippen molar-refractivity contribution in [2.45, 2.75) is 43.9 Å². The van der Waals surface area contributed by atoms with Crippen LogP contribution in [0.5, 0.6) is 0 Å². The number of nitrogens with one attached hydrogen (secondary N) is 2. The van der Waals surface area contributed by atoms with Gasteiger partial charge in [0.15, 0.2) is 0 Å². The molecule has 4 heteroatoms. The van der Waals surface area contributed by atoms with E-state index in [1.165, 1.54) is 6.42 Å². The van der Waals surface area contributed by atoms with Crippen molar-refractivity contribution in [3.05, 3.63) is 0 Å². The molecule has 2 aliphatic rings. The van der Waals surface area contributed by atoms with Crippen LogP contribution in [-0.2, 0) is 4.79 Å². The van der Waals surface area contributed by atoms with E-state index in [0.717, 1.165) is 12.8 Å². The third kappa shape index (κ3) is 1.99. The SMILES string of the molecule is O=C(NC1CCC1)[C@@H]1C[C@@H](F)CN1. The summed E-state index contributed by atoms with van der Waals surface area (Å²) in [6, 6.07) is 0.0589. The molecule has 2 atom stereocenters. The van der Waals surface area contributed by atoms with Crippen LogP contribution in [0.2, 0.25) is 0 Å². The summed E-state index contributed by atoms with van der Waals surface area (Å²) in [6.07, 6.45) is 2.85. The molecule has 2 rings (SSSR count). The van der Waals surface area contributed by atoms with E-state index in [1.807, 2.05) is 0 Å². The maximum atomic E-state index is 12.7.